The number of benzene rings is 1. The molecule has 1 rings (SSSR count). The predicted octanol–water partition coefficient (Wildman–Crippen LogP) is 0.964. The molecular weight excluding hydrogens is 228 g/mol. The highest BCUT2D eigenvalue weighted by molar-refractivity contribution is 7.89. The first kappa shape index (κ1) is 12.8. The lowest BCUT2D eigenvalue weighted by Gasteiger charge is -2.13. The Balaban J connectivity index is 3.25. The van der Waals surface area contributed by atoms with E-state index in [1.54, 1.807) is 19.9 Å². The number of hydrogen-bond donors (Lipinski definition) is 2. The number of nitrogen functional groups attached to an aromatic ring is 1. The number of sulfonamides is 1. The number of hydrogen-bond acceptors (Lipinski definition) is 4. The van der Waals surface area contributed by atoms with Gasteiger partial charge in [-0.25, -0.2) is 13.1 Å². The molecule has 0 heterocycles. The third kappa shape index (κ3) is 2.86. The zero-order valence-corrected chi connectivity index (χ0v) is 10.3. The molecule has 0 radical (unpaired) electrons. The second kappa shape index (κ2) is 4.71. The van der Waals surface area contributed by atoms with Crippen LogP contribution in [0.4, 0.5) is 5.69 Å². The Labute approximate surface area is 95.7 Å². The molecule has 0 saturated heterocycles. The minimum absolute atomic E-state index is 0.0590. The van der Waals surface area contributed by atoms with Crippen molar-refractivity contribution in [2.45, 2.75) is 24.8 Å². The smallest absolute Gasteiger partial charge is 0.244 e. The molecule has 0 aromatic heterocycles. The zero-order chi connectivity index (χ0) is 12.3. The molecule has 90 valence electrons. The molecule has 0 unspecified atom stereocenters. The standard InChI is InChI=1S/C10H16N2O3S/c1-7(2)12-16(13,14)10-6-8(11)4-5-9(10)15-3/h4-7,12H,11H2,1-3H3. The molecule has 0 bridgehead atoms. The molecule has 0 aliphatic rings. The van der Waals surface area contributed by atoms with Gasteiger partial charge in [0.1, 0.15) is 10.6 Å². The van der Waals surface area contributed by atoms with E-state index in [9.17, 15) is 8.42 Å². The molecule has 5 nitrogen and oxygen atoms in total. The SMILES string of the molecule is COc1ccc(N)cc1S(=O)(=O)NC(C)C. The Morgan fingerprint density at radius 1 is 1.38 bits per heavy atom. The lowest BCUT2D eigenvalue weighted by molar-refractivity contribution is 0.402. The fourth-order valence-electron chi connectivity index (χ4n) is 1.28. The summed E-state index contributed by atoms with van der Waals surface area (Å²) in [5.74, 6) is 0.280. The van der Waals surface area contributed by atoms with Crippen LogP contribution in [0.1, 0.15) is 13.8 Å². The van der Waals surface area contributed by atoms with Crippen LogP contribution in [0.5, 0.6) is 5.75 Å². The molecule has 3 N–H and O–H groups in total. The lowest BCUT2D eigenvalue weighted by atomic mass is 10.3. The highest BCUT2D eigenvalue weighted by atomic mass is 32.2. The van der Waals surface area contributed by atoms with Gasteiger partial charge in [-0.15, -0.1) is 0 Å². The maximum absolute atomic E-state index is 11.9. The quantitative estimate of drug-likeness (QED) is 0.773. The van der Waals surface area contributed by atoms with Crippen LogP contribution in [0.15, 0.2) is 23.1 Å². The third-order valence-electron chi connectivity index (χ3n) is 1.87. The number of nitrogens with two attached hydrogens (primary N) is 1. The summed E-state index contributed by atoms with van der Waals surface area (Å²) >= 11 is 0. The first-order valence-corrected chi connectivity index (χ1v) is 6.31. The molecule has 0 fully saturated rings. The summed E-state index contributed by atoms with van der Waals surface area (Å²) in [4.78, 5) is 0.0590. The van der Waals surface area contributed by atoms with E-state index in [1.165, 1.54) is 19.2 Å². The molecule has 0 spiro atoms. The van der Waals surface area contributed by atoms with Gasteiger partial charge in [0, 0.05) is 11.7 Å². The van der Waals surface area contributed by atoms with Crippen LogP contribution in [0, 0.1) is 0 Å². The first-order valence-electron chi connectivity index (χ1n) is 4.82. The summed E-state index contributed by atoms with van der Waals surface area (Å²) < 4.78 is 31.3. The van der Waals surface area contributed by atoms with Gasteiger partial charge in [0.25, 0.3) is 0 Å². The van der Waals surface area contributed by atoms with Gasteiger partial charge in [0.2, 0.25) is 10.0 Å². The molecule has 1 aromatic carbocycles. The Kier molecular flexibility index (Phi) is 3.77. The minimum Gasteiger partial charge on any atom is -0.495 e. The Morgan fingerprint density at radius 2 is 2.00 bits per heavy atom. The molecule has 0 saturated carbocycles. The van der Waals surface area contributed by atoms with Gasteiger partial charge in [-0.2, -0.15) is 0 Å². The summed E-state index contributed by atoms with van der Waals surface area (Å²) in [6.07, 6.45) is 0. The van der Waals surface area contributed by atoms with Gasteiger partial charge in [-0.05, 0) is 32.0 Å². The summed E-state index contributed by atoms with van der Waals surface area (Å²) in [7, 11) is -2.16. The Morgan fingerprint density at radius 3 is 2.50 bits per heavy atom. The van der Waals surface area contributed by atoms with E-state index < -0.39 is 10.0 Å². The molecule has 0 atom stereocenters. The van der Waals surface area contributed by atoms with Gasteiger partial charge < -0.3 is 10.5 Å². The molecule has 0 aliphatic carbocycles. The van der Waals surface area contributed by atoms with Crippen LogP contribution in [0.3, 0.4) is 0 Å². The lowest BCUT2D eigenvalue weighted by Crippen LogP contribution is -2.30. The molecule has 0 aliphatic heterocycles. The molecule has 16 heavy (non-hydrogen) atoms. The Bertz CT molecular complexity index is 469. The minimum atomic E-state index is -3.58. The molecule has 0 amide bonds. The first-order chi connectivity index (χ1) is 7.36. The molecule has 1 aromatic rings. The Hall–Kier alpha value is -1.27. The van der Waals surface area contributed by atoms with E-state index in [1.807, 2.05) is 0 Å². The zero-order valence-electron chi connectivity index (χ0n) is 9.52. The maximum Gasteiger partial charge on any atom is 0.244 e. The van der Waals surface area contributed by atoms with Crippen LogP contribution in [-0.4, -0.2) is 21.6 Å². The summed E-state index contributed by atoms with van der Waals surface area (Å²) in [5, 5.41) is 0. The van der Waals surface area contributed by atoms with Gasteiger partial charge in [-0.3, -0.25) is 0 Å². The van der Waals surface area contributed by atoms with E-state index in [2.05, 4.69) is 4.72 Å². The maximum atomic E-state index is 11.9. The largest absolute Gasteiger partial charge is 0.495 e. The highest BCUT2D eigenvalue weighted by Crippen LogP contribution is 2.25. The van der Waals surface area contributed by atoms with Gasteiger partial charge >= 0.3 is 0 Å². The van der Waals surface area contributed by atoms with E-state index in [0.29, 0.717) is 5.69 Å². The van der Waals surface area contributed by atoms with Crippen LogP contribution < -0.4 is 15.2 Å². The average molecular weight is 244 g/mol. The topological polar surface area (TPSA) is 81.4 Å². The predicted molar refractivity (Wildman–Crippen MR) is 62.9 cm³/mol. The van der Waals surface area contributed by atoms with E-state index in [0.717, 1.165) is 0 Å². The van der Waals surface area contributed by atoms with E-state index >= 15 is 0 Å². The van der Waals surface area contributed by atoms with Crippen LogP contribution in [0.25, 0.3) is 0 Å². The van der Waals surface area contributed by atoms with Crippen molar-refractivity contribution in [3.8, 4) is 5.75 Å². The highest BCUT2D eigenvalue weighted by Gasteiger charge is 2.20. The van der Waals surface area contributed by atoms with Crippen molar-refractivity contribution in [1.29, 1.82) is 0 Å². The molecular formula is C10H16N2O3S. The van der Waals surface area contributed by atoms with E-state index in [-0.39, 0.29) is 16.7 Å². The monoisotopic (exact) mass is 244 g/mol. The number of methoxy groups -OCH3 is 1. The van der Waals surface area contributed by atoms with Crippen LogP contribution in [0.2, 0.25) is 0 Å². The van der Waals surface area contributed by atoms with Gasteiger partial charge in [0.05, 0.1) is 7.11 Å². The number of anilines is 1. The van der Waals surface area contributed by atoms with Crippen LogP contribution in [-0.2, 0) is 10.0 Å². The number of nitrogens with one attached hydrogen (secondary N) is 1. The third-order valence-corrected chi connectivity index (χ3v) is 3.55. The number of ether oxygens (including phenoxy) is 1. The number of rotatable bonds is 4. The van der Waals surface area contributed by atoms with Crippen molar-refractivity contribution in [2.75, 3.05) is 12.8 Å². The van der Waals surface area contributed by atoms with Crippen molar-refractivity contribution < 1.29 is 13.2 Å². The second-order valence-corrected chi connectivity index (χ2v) is 5.37. The summed E-state index contributed by atoms with van der Waals surface area (Å²) in [5.41, 5.74) is 5.94. The summed E-state index contributed by atoms with van der Waals surface area (Å²) in [6.45, 7) is 3.49. The normalized spacial score (nSPS) is 11.8. The van der Waals surface area contributed by atoms with Crippen LogP contribution >= 0.6 is 0 Å². The van der Waals surface area contributed by atoms with Crippen molar-refractivity contribution in [3.05, 3.63) is 18.2 Å². The van der Waals surface area contributed by atoms with Crippen molar-refractivity contribution in [1.82, 2.24) is 4.72 Å². The van der Waals surface area contributed by atoms with Crippen molar-refractivity contribution in [2.24, 2.45) is 0 Å². The van der Waals surface area contributed by atoms with Crippen molar-refractivity contribution >= 4 is 15.7 Å². The molecule has 6 heteroatoms. The van der Waals surface area contributed by atoms with Gasteiger partial charge in [-0.1, -0.05) is 0 Å². The average Bonchev–Trinajstić information content (AvgIpc) is 2.15. The van der Waals surface area contributed by atoms with Gasteiger partial charge in [0.15, 0.2) is 0 Å². The second-order valence-electron chi connectivity index (χ2n) is 3.69. The van der Waals surface area contributed by atoms with Crippen molar-refractivity contribution in [3.63, 3.8) is 0 Å². The fraction of sp³-hybridized carbons (Fsp3) is 0.400. The van der Waals surface area contributed by atoms with E-state index in [4.69, 9.17) is 10.5 Å². The summed E-state index contributed by atoms with van der Waals surface area (Å²) in [6, 6.07) is 4.32. The fourth-order valence-corrected chi connectivity index (χ4v) is 2.73.